The van der Waals surface area contributed by atoms with Gasteiger partial charge in [-0.05, 0) is 31.4 Å². The molecule has 0 amide bonds. The van der Waals surface area contributed by atoms with Gasteiger partial charge in [-0.15, -0.1) is 0 Å². The minimum Gasteiger partial charge on any atom is -0.399 e. The van der Waals surface area contributed by atoms with Crippen molar-refractivity contribution in [2.45, 2.75) is 26.2 Å². The summed E-state index contributed by atoms with van der Waals surface area (Å²) in [5.41, 5.74) is 7.72. The Bertz CT molecular complexity index is 294. The summed E-state index contributed by atoms with van der Waals surface area (Å²) in [4.78, 5) is 10.7. The lowest BCUT2D eigenvalue weighted by atomic mass is 10.1. The van der Waals surface area contributed by atoms with Gasteiger partial charge in [-0.1, -0.05) is 18.2 Å². The third kappa shape index (κ3) is 3.28. The number of para-hydroxylation sites is 1. The second-order valence-electron chi connectivity index (χ2n) is 3.25. The highest BCUT2D eigenvalue weighted by Gasteiger charge is 1.98. The molecular weight excluding hydrogens is 162 g/mol. The van der Waals surface area contributed by atoms with Crippen LogP contribution in [0.4, 0.5) is 5.69 Å². The van der Waals surface area contributed by atoms with Crippen molar-refractivity contribution in [1.82, 2.24) is 0 Å². The Balaban J connectivity index is 2.45. The highest BCUT2D eigenvalue weighted by Crippen LogP contribution is 2.13. The number of nitrogens with two attached hydrogens (primary N) is 1. The second-order valence-corrected chi connectivity index (χ2v) is 3.25. The van der Waals surface area contributed by atoms with Gasteiger partial charge in [-0.3, -0.25) is 0 Å². The Hall–Kier alpha value is -1.31. The molecule has 0 saturated carbocycles. The van der Waals surface area contributed by atoms with Gasteiger partial charge in [0.05, 0.1) is 0 Å². The van der Waals surface area contributed by atoms with Crippen molar-refractivity contribution in [3.63, 3.8) is 0 Å². The van der Waals surface area contributed by atoms with Crippen LogP contribution in [-0.2, 0) is 11.2 Å². The van der Waals surface area contributed by atoms with Crippen molar-refractivity contribution < 1.29 is 4.79 Å². The van der Waals surface area contributed by atoms with E-state index < -0.39 is 0 Å². The number of carbonyl (C=O) groups is 1. The lowest BCUT2D eigenvalue weighted by molar-refractivity contribution is -0.117. The first-order chi connectivity index (χ1) is 6.20. The molecule has 0 aliphatic rings. The van der Waals surface area contributed by atoms with Crippen LogP contribution < -0.4 is 5.73 Å². The number of hydrogen-bond acceptors (Lipinski definition) is 2. The fourth-order valence-corrected chi connectivity index (χ4v) is 1.29. The number of aryl methyl sites for hydroxylation is 1. The Labute approximate surface area is 78.8 Å². The van der Waals surface area contributed by atoms with Gasteiger partial charge in [0.15, 0.2) is 0 Å². The van der Waals surface area contributed by atoms with Gasteiger partial charge in [-0.25, -0.2) is 0 Å². The molecule has 0 bridgehead atoms. The van der Waals surface area contributed by atoms with E-state index in [1.807, 2.05) is 24.3 Å². The van der Waals surface area contributed by atoms with E-state index in [9.17, 15) is 4.79 Å². The average molecular weight is 177 g/mol. The van der Waals surface area contributed by atoms with Crippen LogP contribution in [0.5, 0.6) is 0 Å². The molecule has 0 aromatic heterocycles. The number of rotatable bonds is 4. The molecule has 0 spiro atoms. The van der Waals surface area contributed by atoms with Crippen LogP contribution in [-0.4, -0.2) is 5.78 Å². The lowest BCUT2D eigenvalue weighted by Gasteiger charge is -2.03. The number of benzene rings is 1. The summed E-state index contributed by atoms with van der Waals surface area (Å²) in [5, 5.41) is 0. The summed E-state index contributed by atoms with van der Waals surface area (Å²) < 4.78 is 0. The minimum absolute atomic E-state index is 0.245. The van der Waals surface area contributed by atoms with E-state index in [2.05, 4.69) is 0 Å². The third-order valence-electron chi connectivity index (χ3n) is 2.03. The van der Waals surface area contributed by atoms with Crippen molar-refractivity contribution in [2.24, 2.45) is 0 Å². The molecule has 1 rings (SSSR count). The van der Waals surface area contributed by atoms with Crippen LogP contribution in [0.2, 0.25) is 0 Å². The normalized spacial score (nSPS) is 9.92. The molecule has 0 saturated heterocycles. The smallest absolute Gasteiger partial charge is 0.129 e. The zero-order chi connectivity index (χ0) is 9.68. The van der Waals surface area contributed by atoms with Gasteiger partial charge in [0, 0.05) is 12.1 Å². The maximum atomic E-state index is 10.7. The predicted molar refractivity (Wildman–Crippen MR) is 54.5 cm³/mol. The van der Waals surface area contributed by atoms with Gasteiger partial charge >= 0.3 is 0 Å². The molecule has 2 nitrogen and oxygen atoms in total. The number of hydrogen-bond donors (Lipinski definition) is 1. The zero-order valence-electron chi connectivity index (χ0n) is 7.92. The van der Waals surface area contributed by atoms with Crippen molar-refractivity contribution in [2.75, 3.05) is 5.73 Å². The molecule has 0 aliphatic carbocycles. The molecular formula is C11H15NO. The van der Waals surface area contributed by atoms with E-state index in [1.165, 1.54) is 0 Å². The van der Waals surface area contributed by atoms with E-state index in [-0.39, 0.29) is 5.78 Å². The molecule has 1 aromatic rings. The Morgan fingerprint density at radius 2 is 2.08 bits per heavy atom. The van der Waals surface area contributed by atoms with E-state index in [0.717, 1.165) is 24.1 Å². The van der Waals surface area contributed by atoms with Crippen LogP contribution in [0.15, 0.2) is 24.3 Å². The van der Waals surface area contributed by atoms with Crippen molar-refractivity contribution in [1.29, 1.82) is 0 Å². The molecule has 0 heterocycles. The second kappa shape index (κ2) is 4.65. The molecule has 13 heavy (non-hydrogen) atoms. The van der Waals surface area contributed by atoms with Gasteiger partial charge in [0.2, 0.25) is 0 Å². The first kappa shape index (κ1) is 9.78. The van der Waals surface area contributed by atoms with Crippen molar-refractivity contribution in [3.05, 3.63) is 29.8 Å². The summed E-state index contributed by atoms with van der Waals surface area (Å²) in [6.07, 6.45) is 2.43. The maximum absolute atomic E-state index is 10.7. The fourth-order valence-electron chi connectivity index (χ4n) is 1.29. The SMILES string of the molecule is CC(=O)CCCc1ccccc1N. The van der Waals surface area contributed by atoms with E-state index in [0.29, 0.717) is 6.42 Å². The van der Waals surface area contributed by atoms with Crippen LogP contribution in [0.25, 0.3) is 0 Å². The summed E-state index contributed by atoms with van der Waals surface area (Å²) in [5.74, 6) is 0.245. The standard InChI is InChI=1S/C11H15NO/c1-9(13)5-4-7-10-6-2-3-8-11(10)12/h2-3,6,8H,4-5,7,12H2,1H3. The highest BCUT2D eigenvalue weighted by atomic mass is 16.1. The lowest BCUT2D eigenvalue weighted by Crippen LogP contribution is -1.96. The number of ketones is 1. The Morgan fingerprint density at radius 3 is 2.69 bits per heavy atom. The number of anilines is 1. The third-order valence-corrected chi connectivity index (χ3v) is 2.03. The monoisotopic (exact) mass is 177 g/mol. The molecule has 0 aliphatic heterocycles. The molecule has 2 N–H and O–H groups in total. The Morgan fingerprint density at radius 1 is 1.38 bits per heavy atom. The van der Waals surface area contributed by atoms with Gasteiger partial charge in [-0.2, -0.15) is 0 Å². The first-order valence-electron chi connectivity index (χ1n) is 4.53. The fraction of sp³-hybridized carbons (Fsp3) is 0.364. The molecule has 0 fully saturated rings. The first-order valence-corrected chi connectivity index (χ1v) is 4.53. The molecule has 0 unspecified atom stereocenters. The summed E-state index contributed by atoms with van der Waals surface area (Å²) >= 11 is 0. The van der Waals surface area contributed by atoms with Crippen molar-refractivity contribution >= 4 is 11.5 Å². The average Bonchev–Trinajstić information content (AvgIpc) is 2.08. The largest absolute Gasteiger partial charge is 0.399 e. The van der Waals surface area contributed by atoms with E-state index in [1.54, 1.807) is 6.92 Å². The molecule has 1 aromatic carbocycles. The topological polar surface area (TPSA) is 43.1 Å². The summed E-state index contributed by atoms with van der Waals surface area (Å²) in [6.45, 7) is 1.62. The van der Waals surface area contributed by atoms with E-state index in [4.69, 9.17) is 5.73 Å². The summed E-state index contributed by atoms with van der Waals surface area (Å²) in [7, 11) is 0. The molecule has 2 heteroatoms. The molecule has 0 atom stereocenters. The minimum atomic E-state index is 0.245. The number of Topliss-reactive ketones (excluding diaryl/α,β-unsaturated/α-hetero) is 1. The van der Waals surface area contributed by atoms with Gasteiger partial charge in [0.25, 0.3) is 0 Å². The molecule has 70 valence electrons. The number of nitrogen functional groups attached to an aromatic ring is 1. The van der Waals surface area contributed by atoms with Crippen LogP contribution in [0.1, 0.15) is 25.3 Å². The van der Waals surface area contributed by atoms with Crippen LogP contribution >= 0.6 is 0 Å². The number of carbonyl (C=O) groups excluding carboxylic acids is 1. The zero-order valence-corrected chi connectivity index (χ0v) is 7.92. The Kier molecular flexibility index (Phi) is 3.50. The highest BCUT2D eigenvalue weighted by molar-refractivity contribution is 5.75. The maximum Gasteiger partial charge on any atom is 0.129 e. The van der Waals surface area contributed by atoms with Gasteiger partial charge < -0.3 is 10.5 Å². The van der Waals surface area contributed by atoms with Crippen molar-refractivity contribution in [3.8, 4) is 0 Å². The quantitative estimate of drug-likeness (QED) is 0.716. The van der Waals surface area contributed by atoms with Crippen LogP contribution in [0, 0.1) is 0 Å². The van der Waals surface area contributed by atoms with Gasteiger partial charge in [0.1, 0.15) is 5.78 Å². The summed E-state index contributed by atoms with van der Waals surface area (Å²) in [6, 6.07) is 7.79. The predicted octanol–water partition coefficient (Wildman–Crippen LogP) is 2.18. The molecule has 0 radical (unpaired) electrons. The van der Waals surface area contributed by atoms with E-state index >= 15 is 0 Å². The van der Waals surface area contributed by atoms with Crippen LogP contribution in [0.3, 0.4) is 0 Å².